The zero-order chi connectivity index (χ0) is 8.85. The fourth-order valence-electron chi connectivity index (χ4n) is 0.969. The van der Waals surface area contributed by atoms with Gasteiger partial charge in [0.2, 0.25) is 0 Å². The molecule has 0 fully saturated rings. The van der Waals surface area contributed by atoms with E-state index in [0.29, 0.717) is 0 Å². The van der Waals surface area contributed by atoms with E-state index in [0.717, 1.165) is 12.8 Å². The molecule has 2 atom stereocenters. The first-order valence-electron chi connectivity index (χ1n) is 4.28. The lowest BCUT2D eigenvalue weighted by atomic mass is 10.2. The molecule has 0 rings (SSSR count). The summed E-state index contributed by atoms with van der Waals surface area (Å²) in [4.78, 5) is 10.4. The summed E-state index contributed by atoms with van der Waals surface area (Å²) in [7, 11) is 0. The van der Waals surface area contributed by atoms with Crippen LogP contribution in [0.25, 0.3) is 0 Å². The number of nitrogens with zero attached hydrogens (tertiary/aromatic N) is 2. The van der Waals surface area contributed by atoms with Crippen LogP contribution in [-0.4, -0.2) is 17.1 Å². The Morgan fingerprint density at radius 3 is 1.73 bits per heavy atom. The van der Waals surface area contributed by atoms with E-state index in [1.807, 2.05) is 13.8 Å². The van der Waals surface area contributed by atoms with Crippen molar-refractivity contribution in [3.63, 3.8) is 0 Å². The van der Waals surface area contributed by atoms with Crippen molar-refractivity contribution in [3.8, 4) is 0 Å². The molecular formula is C8H18N2O. The molecule has 0 spiro atoms. The Morgan fingerprint density at radius 2 is 1.55 bits per heavy atom. The molecule has 0 N–H and O–H groups in total. The van der Waals surface area contributed by atoms with Crippen molar-refractivity contribution in [3.05, 3.63) is 4.91 Å². The van der Waals surface area contributed by atoms with Gasteiger partial charge >= 0.3 is 0 Å². The maximum absolute atomic E-state index is 10.4. The molecule has 3 heteroatoms. The minimum Gasteiger partial charge on any atom is -0.255 e. The van der Waals surface area contributed by atoms with Gasteiger partial charge in [0, 0.05) is 12.1 Å². The van der Waals surface area contributed by atoms with Crippen molar-refractivity contribution in [2.45, 2.75) is 52.6 Å². The first-order valence-corrected chi connectivity index (χ1v) is 4.28. The molecular weight excluding hydrogens is 140 g/mol. The predicted octanol–water partition coefficient (Wildman–Crippen LogP) is 2.57. The van der Waals surface area contributed by atoms with Crippen molar-refractivity contribution in [1.29, 1.82) is 0 Å². The van der Waals surface area contributed by atoms with E-state index >= 15 is 0 Å². The lowest BCUT2D eigenvalue weighted by molar-refractivity contribution is 0.150. The van der Waals surface area contributed by atoms with Gasteiger partial charge in [-0.05, 0) is 26.7 Å². The van der Waals surface area contributed by atoms with Crippen molar-refractivity contribution < 1.29 is 0 Å². The Morgan fingerprint density at radius 1 is 1.18 bits per heavy atom. The van der Waals surface area contributed by atoms with Crippen molar-refractivity contribution in [1.82, 2.24) is 5.01 Å². The molecule has 0 aromatic carbocycles. The minimum absolute atomic E-state index is 0.266. The van der Waals surface area contributed by atoms with E-state index in [1.165, 1.54) is 0 Å². The summed E-state index contributed by atoms with van der Waals surface area (Å²) in [6, 6.07) is 0.532. The number of nitroso groups, excluding NO2 is 1. The lowest BCUT2D eigenvalue weighted by Crippen LogP contribution is -2.34. The van der Waals surface area contributed by atoms with Crippen molar-refractivity contribution in [2.75, 3.05) is 0 Å². The van der Waals surface area contributed by atoms with E-state index in [9.17, 15) is 4.91 Å². The fourth-order valence-corrected chi connectivity index (χ4v) is 0.969. The van der Waals surface area contributed by atoms with Crippen LogP contribution >= 0.6 is 0 Å². The second-order valence-corrected chi connectivity index (χ2v) is 2.98. The molecule has 0 aromatic heterocycles. The van der Waals surface area contributed by atoms with Gasteiger partial charge < -0.3 is 0 Å². The first kappa shape index (κ1) is 10.4. The number of hydrogen-bond acceptors (Lipinski definition) is 2. The van der Waals surface area contributed by atoms with Gasteiger partial charge in [-0.25, -0.2) is 0 Å². The molecule has 0 aliphatic heterocycles. The van der Waals surface area contributed by atoms with Crippen molar-refractivity contribution >= 4 is 0 Å². The maximum atomic E-state index is 10.4. The summed E-state index contributed by atoms with van der Waals surface area (Å²) in [5.74, 6) is 0. The van der Waals surface area contributed by atoms with Crippen LogP contribution < -0.4 is 0 Å². The van der Waals surface area contributed by atoms with E-state index in [4.69, 9.17) is 0 Å². The second-order valence-electron chi connectivity index (χ2n) is 2.98. The first-order chi connectivity index (χ1) is 5.17. The van der Waals surface area contributed by atoms with Crippen molar-refractivity contribution in [2.24, 2.45) is 5.29 Å². The quantitative estimate of drug-likeness (QED) is 0.455. The van der Waals surface area contributed by atoms with E-state index in [1.54, 1.807) is 5.01 Å². The Labute approximate surface area is 68.7 Å². The molecule has 0 unspecified atom stereocenters. The average molecular weight is 158 g/mol. The standard InChI is InChI=1S/C8H18N2O/c1-5-7(3)10(9-11)8(4)6-2/h7-8H,5-6H2,1-4H3/t7-,8-/m0/s1. The van der Waals surface area contributed by atoms with Crippen LogP contribution in [-0.2, 0) is 0 Å². The largest absolute Gasteiger partial charge is 0.255 e. The van der Waals surface area contributed by atoms with Gasteiger partial charge in [-0.2, -0.15) is 0 Å². The van der Waals surface area contributed by atoms with Crippen LogP contribution in [0.15, 0.2) is 5.29 Å². The molecule has 11 heavy (non-hydrogen) atoms. The van der Waals surface area contributed by atoms with Gasteiger partial charge in [-0.3, -0.25) is 5.01 Å². The zero-order valence-corrected chi connectivity index (χ0v) is 7.87. The average Bonchev–Trinajstić information content (AvgIpc) is 2.05. The minimum atomic E-state index is 0.266. The number of rotatable bonds is 5. The van der Waals surface area contributed by atoms with E-state index in [-0.39, 0.29) is 12.1 Å². The van der Waals surface area contributed by atoms with Crippen LogP contribution in [0.1, 0.15) is 40.5 Å². The topological polar surface area (TPSA) is 32.7 Å². The molecule has 3 nitrogen and oxygen atoms in total. The number of hydrogen-bond donors (Lipinski definition) is 0. The van der Waals surface area contributed by atoms with Gasteiger partial charge in [0.05, 0.1) is 5.29 Å². The van der Waals surface area contributed by atoms with Gasteiger partial charge in [0.25, 0.3) is 0 Å². The molecule has 0 saturated heterocycles. The monoisotopic (exact) mass is 158 g/mol. The van der Waals surface area contributed by atoms with Gasteiger partial charge in [0.15, 0.2) is 0 Å². The molecule has 0 aliphatic carbocycles. The Kier molecular flexibility index (Phi) is 4.83. The molecule has 0 radical (unpaired) electrons. The van der Waals surface area contributed by atoms with Crippen LogP contribution in [0, 0.1) is 4.91 Å². The van der Waals surface area contributed by atoms with Gasteiger partial charge in [-0.15, -0.1) is 4.91 Å². The lowest BCUT2D eigenvalue weighted by Gasteiger charge is -2.27. The summed E-state index contributed by atoms with van der Waals surface area (Å²) >= 11 is 0. The van der Waals surface area contributed by atoms with Gasteiger partial charge in [-0.1, -0.05) is 13.8 Å². The maximum Gasteiger partial charge on any atom is 0.0529 e. The predicted molar refractivity (Wildman–Crippen MR) is 47.1 cm³/mol. The normalized spacial score (nSPS) is 15.6. The summed E-state index contributed by atoms with van der Waals surface area (Å²) in [5.41, 5.74) is 0. The van der Waals surface area contributed by atoms with Crippen LogP contribution in [0.4, 0.5) is 0 Å². The van der Waals surface area contributed by atoms with Gasteiger partial charge in [0.1, 0.15) is 0 Å². The second kappa shape index (κ2) is 5.10. The molecule has 66 valence electrons. The summed E-state index contributed by atoms with van der Waals surface area (Å²) in [5, 5.41) is 4.65. The highest BCUT2D eigenvalue weighted by atomic mass is 16.3. The third-order valence-corrected chi connectivity index (χ3v) is 2.18. The van der Waals surface area contributed by atoms with E-state index in [2.05, 4.69) is 19.1 Å². The molecule has 0 aliphatic rings. The smallest absolute Gasteiger partial charge is 0.0529 e. The molecule has 0 heterocycles. The molecule has 0 aromatic rings. The summed E-state index contributed by atoms with van der Waals surface area (Å²) in [6.45, 7) is 8.16. The van der Waals surface area contributed by atoms with Crippen LogP contribution in [0.2, 0.25) is 0 Å². The summed E-state index contributed by atoms with van der Waals surface area (Å²) < 4.78 is 0. The highest BCUT2D eigenvalue weighted by Crippen LogP contribution is 2.10. The Balaban J connectivity index is 4.03. The highest BCUT2D eigenvalue weighted by Gasteiger charge is 2.15. The zero-order valence-electron chi connectivity index (χ0n) is 7.87. The van der Waals surface area contributed by atoms with Crippen LogP contribution in [0.5, 0.6) is 0 Å². The molecule has 0 saturated carbocycles. The summed E-state index contributed by atoms with van der Waals surface area (Å²) in [6.07, 6.45) is 1.94. The highest BCUT2D eigenvalue weighted by molar-refractivity contribution is 4.67. The SMILES string of the molecule is CC[C@H](C)N(N=O)[C@@H](C)CC. The molecule has 0 bridgehead atoms. The Hall–Kier alpha value is -0.600. The third kappa shape index (κ3) is 2.87. The fraction of sp³-hybridized carbons (Fsp3) is 1.00. The molecule has 0 amide bonds. The Bertz CT molecular complexity index is 107. The third-order valence-electron chi connectivity index (χ3n) is 2.18. The van der Waals surface area contributed by atoms with E-state index < -0.39 is 0 Å². The van der Waals surface area contributed by atoms with Crippen LogP contribution in [0.3, 0.4) is 0 Å².